The molecule has 2 aromatic heterocycles. The molecule has 4 aromatic rings. The lowest BCUT2D eigenvalue weighted by Gasteiger charge is -2.22. The number of nitrogens with one attached hydrogen (secondary N) is 2. The molecule has 7 nitrogen and oxygen atoms in total. The minimum atomic E-state index is -0.283. The number of nitrogen functional groups attached to an aromatic ring is 1. The summed E-state index contributed by atoms with van der Waals surface area (Å²) in [5.74, 6) is -0.126. The van der Waals surface area contributed by atoms with E-state index in [0.717, 1.165) is 15.6 Å². The number of hydrogen-bond donors (Lipinski definition) is 3. The standard InChI is InChI=1S/C26H26N4O3S/c1-26(2,3)16-11-18(27)23(33-4)20(12-16)30-25(32)22-13-17-19(8-5-9-21(17)34-22)29-24(31)15-7-6-10-28-14-15/h5-14H,27H2,1-4H3,(H,29,31)(H,30,32). The maximum atomic E-state index is 13.2. The highest BCUT2D eigenvalue weighted by molar-refractivity contribution is 7.21. The largest absolute Gasteiger partial charge is 0.492 e. The van der Waals surface area contributed by atoms with Gasteiger partial charge in [0.15, 0.2) is 5.75 Å². The van der Waals surface area contributed by atoms with Crippen LogP contribution in [0.15, 0.2) is 60.9 Å². The highest BCUT2D eigenvalue weighted by Gasteiger charge is 2.21. The van der Waals surface area contributed by atoms with E-state index >= 15 is 0 Å². The van der Waals surface area contributed by atoms with Gasteiger partial charge in [-0.15, -0.1) is 11.3 Å². The number of nitrogens with two attached hydrogens (primary N) is 1. The van der Waals surface area contributed by atoms with Gasteiger partial charge in [0.25, 0.3) is 11.8 Å². The van der Waals surface area contributed by atoms with E-state index in [9.17, 15) is 9.59 Å². The number of carbonyl (C=O) groups excluding carboxylic acids is 2. The highest BCUT2D eigenvalue weighted by Crippen LogP contribution is 2.38. The number of ether oxygens (including phenoxy) is 1. The van der Waals surface area contributed by atoms with E-state index in [1.165, 1.54) is 24.6 Å². The van der Waals surface area contributed by atoms with Gasteiger partial charge in [0.05, 0.1) is 28.9 Å². The summed E-state index contributed by atoms with van der Waals surface area (Å²) in [6.07, 6.45) is 3.12. The molecule has 0 aliphatic rings. The molecule has 8 heteroatoms. The number of pyridine rings is 1. The normalized spacial score (nSPS) is 11.3. The molecule has 0 aliphatic carbocycles. The molecule has 2 amide bonds. The summed E-state index contributed by atoms with van der Waals surface area (Å²) < 4.78 is 6.33. The second-order valence-electron chi connectivity index (χ2n) is 8.87. The molecule has 174 valence electrons. The molecule has 0 aliphatic heterocycles. The Morgan fingerprint density at radius 2 is 1.76 bits per heavy atom. The number of aromatic nitrogens is 1. The molecular weight excluding hydrogens is 448 g/mol. The van der Waals surface area contributed by atoms with E-state index in [2.05, 4.69) is 36.4 Å². The van der Waals surface area contributed by atoms with Gasteiger partial charge in [0.1, 0.15) is 0 Å². The lowest BCUT2D eigenvalue weighted by atomic mass is 9.86. The zero-order valence-corrected chi connectivity index (χ0v) is 20.2. The van der Waals surface area contributed by atoms with E-state index in [-0.39, 0.29) is 17.2 Å². The first kappa shape index (κ1) is 23.3. The molecule has 0 saturated heterocycles. The second-order valence-corrected chi connectivity index (χ2v) is 9.96. The SMILES string of the molecule is COc1c(N)cc(C(C)(C)C)cc1NC(=O)c1cc2c(NC(=O)c3cccnc3)cccc2s1. The topological polar surface area (TPSA) is 106 Å². The summed E-state index contributed by atoms with van der Waals surface area (Å²) in [6, 6.07) is 14.5. The summed E-state index contributed by atoms with van der Waals surface area (Å²) in [4.78, 5) is 30.3. The van der Waals surface area contributed by atoms with Crippen molar-refractivity contribution in [1.29, 1.82) is 0 Å². The first-order valence-electron chi connectivity index (χ1n) is 10.7. The van der Waals surface area contributed by atoms with Gasteiger partial charge in [-0.3, -0.25) is 14.6 Å². The molecule has 0 saturated carbocycles. The number of amides is 2. The fourth-order valence-electron chi connectivity index (χ4n) is 3.56. The van der Waals surface area contributed by atoms with E-state index in [0.29, 0.717) is 33.3 Å². The zero-order chi connectivity index (χ0) is 24.5. The van der Waals surface area contributed by atoms with Crippen LogP contribution in [0, 0.1) is 0 Å². The molecule has 4 N–H and O–H groups in total. The van der Waals surface area contributed by atoms with Gasteiger partial charge in [-0.2, -0.15) is 0 Å². The minimum Gasteiger partial charge on any atom is -0.492 e. The first-order chi connectivity index (χ1) is 16.2. The monoisotopic (exact) mass is 474 g/mol. The number of methoxy groups -OCH3 is 1. The number of anilines is 3. The third-order valence-corrected chi connectivity index (χ3v) is 6.49. The fraction of sp³-hybridized carbons (Fsp3) is 0.192. The molecule has 0 radical (unpaired) electrons. The molecule has 0 bridgehead atoms. The summed E-state index contributed by atoms with van der Waals surface area (Å²) in [5, 5.41) is 6.64. The van der Waals surface area contributed by atoms with Crippen molar-refractivity contribution in [2.24, 2.45) is 0 Å². The molecule has 2 heterocycles. The van der Waals surface area contributed by atoms with Crippen LogP contribution in [0.3, 0.4) is 0 Å². The van der Waals surface area contributed by atoms with Crippen LogP contribution in [0.5, 0.6) is 5.75 Å². The third-order valence-electron chi connectivity index (χ3n) is 5.39. The Hall–Kier alpha value is -3.91. The summed E-state index contributed by atoms with van der Waals surface area (Å²) in [6.45, 7) is 6.23. The van der Waals surface area contributed by atoms with Crippen molar-refractivity contribution in [1.82, 2.24) is 4.98 Å². The number of thiophene rings is 1. The van der Waals surface area contributed by atoms with E-state index in [1.54, 1.807) is 24.4 Å². The Labute approximate surface area is 202 Å². The smallest absolute Gasteiger partial charge is 0.265 e. The lowest BCUT2D eigenvalue weighted by Crippen LogP contribution is -2.16. The molecule has 4 rings (SSSR count). The molecular formula is C26H26N4O3S. The van der Waals surface area contributed by atoms with Crippen LogP contribution in [0.2, 0.25) is 0 Å². The maximum Gasteiger partial charge on any atom is 0.265 e. The summed E-state index contributed by atoms with van der Waals surface area (Å²) in [5.41, 5.74) is 9.08. The quantitative estimate of drug-likeness (QED) is 0.322. The molecule has 0 fully saturated rings. The van der Waals surface area contributed by atoms with Gasteiger partial charge >= 0.3 is 0 Å². The first-order valence-corrected chi connectivity index (χ1v) is 11.5. The fourth-order valence-corrected chi connectivity index (χ4v) is 4.55. The summed E-state index contributed by atoms with van der Waals surface area (Å²) >= 11 is 1.34. The molecule has 34 heavy (non-hydrogen) atoms. The van der Waals surface area contributed by atoms with Gasteiger partial charge in [-0.05, 0) is 53.4 Å². The van der Waals surface area contributed by atoms with Gasteiger partial charge < -0.3 is 21.1 Å². The van der Waals surface area contributed by atoms with Crippen molar-refractivity contribution in [3.8, 4) is 5.75 Å². The van der Waals surface area contributed by atoms with Crippen LogP contribution in [-0.4, -0.2) is 23.9 Å². The molecule has 0 spiro atoms. The van der Waals surface area contributed by atoms with Crippen molar-refractivity contribution in [2.45, 2.75) is 26.2 Å². The van der Waals surface area contributed by atoms with Crippen LogP contribution < -0.4 is 21.1 Å². The number of hydrogen-bond acceptors (Lipinski definition) is 6. The Balaban J connectivity index is 1.64. The van der Waals surface area contributed by atoms with Crippen molar-refractivity contribution >= 4 is 50.3 Å². The van der Waals surface area contributed by atoms with Crippen LogP contribution in [-0.2, 0) is 5.41 Å². The van der Waals surface area contributed by atoms with Crippen molar-refractivity contribution in [3.63, 3.8) is 0 Å². The maximum absolute atomic E-state index is 13.2. The molecule has 2 aromatic carbocycles. The zero-order valence-electron chi connectivity index (χ0n) is 19.4. The number of carbonyl (C=O) groups is 2. The van der Waals surface area contributed by atoms with Gasteiger partial charge in [0.2, 0.25) is 0 Å². The highest BCUT2D eigenvalue weighted by atomic mass is 32.1. The van der Waals surface area contributed by atoms with Crippen LogP contribution >= 0.6 is 11.3 Å². The molecule has 0 atom stereocenters. The van der Waals surface area contributed by atoms with Crippen molar-refractivity contribution < 1.29 is 14.3 Å². The molecule has 0 unspecified atom stereocenters. The summed E-state index contributed by atoms with van der Waals surface area (Å²) in [7, 11) is 1.52. The van der Waals surface area contributed by atoms with Gasteiger partial charge in [0, 0.05) is 28.2 Å². The minimum absolute atomic E-state index is 0.154. The van der Waals surface area contributed by atoms with Gasteiger partial charge in [-0.25, -0.2) is 0 Å². The van der Waals surface area contributed by atoms with E-state index in [1.807, 2.05) is 30.3 Å². The third kappa shape index (κ3) is 4.72. The number of rotatable bonds is 5. The van der Waals surface area contributed by atoms with E-state index in [4.69, 9.17) is 10.5 Å². The van der Waals surface area contributed by atoms with Crippen molar-refractivity contribution in [3.05, 3.63) is 76.9 Å². The van der Waals surface area contributed by atoms with Crippen LogP contribution in [0.1, 0.15) is 46.4 Å². The second kappa shape index (κ2) is 9.15. The predicted molar refractivity (Wildman–Crippen MR) is 138 cm³/mol. The van der Waals surface area contributed by atoms with Crippen molar-refractivity contribution in [2.75, 3.05) is 23.5 Å². The average molecular weight is 475 g/mol. The van der Waals surface area contributed by atoms with E-state index < -0.39 is 0 Å². The number of nitrogens with zero attached hydrogens (tertiary/aromatic N) is 1. The Kier molecular flexibility index (Phi) is 6.26. The Morgan fingerprint density at radius 3 is 2.44 bits per heavy atom. The lowest BCUT2D eigenvalue weighted by molar-refractivity contribution is 0.102. The number of fused-ring (bicyclic) bond motifs is 1. The van der Waals surface area contributed by atoms with Crippen LogP contribution in [0.4, 0.5) is 17.1 Å². The number of benzene rings is 2. The average Bonchev–Trinajstić information content (AvgIpc) is 3.24. The van der Waals surface area contributed by atoms with Gasteiger partial charge in [-0.1, -0.05) is 26.8 Å². The van der Waals surface area contributed by atoms with Crippen LogP contribution in [0.25, 0.3) is 10.1 Å². The Bertz CT molecular complexity index is 1370. The predicted octanol–water partition coefficient (Wildman–Crippen LogP) is 5.69. The Morgan fingerprint density at radius 1 is 1.00 bits per heavy atom.